The number of ether oxygens (including phenoxy) is 1. The van der Waals surface area contributed by atoms with Gasteiger partial charge < -0.3 is 10.1 Å². The second-order valence-corrected chi connectivity index (χ2v) is 6.86. The fourth-order valence-electron chi connectivity index (χ4n) is 2.33. The number of nitrogens with one attached hydrogen (secondary N) is 1. The molecule has 0 spiro atoms. The maximum Gasteiger partial charge on any atom is 0.338 e. The van der Waals surface area contributed by atoms with Crippen LogP contribution in [0.3, 0.4) is 0 Å². The first-order valence-corrected chi connectivity index (χ1v) is 8.88. The Morgan fingerprint density at radius 2 is 1.62 bits per heavy atom. The average molecular weight is 355 g/mol. The van der Waals surface area contributed by atoms with Gasteiger partial charge in [0.1, 0.15) is 5.60 Å². The average Bonchev–Trinajstić information content (AvgIpc) is 2.55. The minimum absolute atomic E-state index is 0.200. The van der Waals surface area contributed by atoms with Gasteiger partial charge in [-0.1, -0.05) is 37.6 Å². The van der Waals surface area contributed by atoms with E-state index < -0.39 is 11.6 Å². The molecule has 0 aliphatic heterocycles. The highest BCUT2D eigenvalue weighted by molar-refractivity contribution is 6.05. The first kappa shape index (κ1) is 21.4. The highest BCUT2D eigenvalue weighted by Crippen LogP contribution is 2.18. The summed E-state index contributed by atoms with van der Waals surface area (Å²) in [5.74, 6) is -0.612. The molecular formula is C22H29NO3. The van der Waals surface area contributed by atoms with Crippen LogP contribution in [-0.2, 0) is 4.74 Å². The molecule has 0 aromatic heterocycles. The van der Waals surface area contributed by atoms with Crippen LogP contribution in [0.2, 0.25) is 0 Å². The van der Waals surface area contributed by atoms with Gasteiger partial charge in [0.2, 0.25) is 0 Å². The first-order valence-electron chi connectivity index (χ1n) is 8.88. The lowest BCUT2D eigenvalue weighted by Gasteiger charge is -2.19. The molecule has 0 aliphatic rings. The van der Waals surface area contributed by atoms with E-state index in [4.69, 9.17) is 4.74 Å². The molecule has 2 rings (SSSR count). The van der Waals surface area contributed by atoms with E-state index in [0.717, 1.165) is 11.1 Å². The normalized spacial score (nSPS) is 10.4. The van der Waals surface area contributed by atoms with Gasteiger partial charge in [-0.25, -0.2) is 4.79 Å². The topological polar surface area (TPSA) is 55.4 Å². The number of anilines is 1. The highest BCUT2D eigenvalue weighted by Gasteiger charge is 2.18. The maximum atomic E-state index is 12.4. The van der Waals surface area contributed by atoms with E-state index in [2.05, 4.69) is 5.32 Å². The molecule has 1 N–H and O–H groups in total. The molecule has 0 atom stereocenters. The van der Waals surface area contributed by atoms with Crippen molar-refractivity contribution in [3.05, 3.63) is 64.7 Å². The van der Waals surface area contributed by atoms with Crippen molar-refractivity contribution in [2.45, 2.75) is 54.1 Å². The van der Waals surface area contributed by atoms with E-state index in [1.807, 2.05) is 60.6 Å². The van der Waals surface area contributed by atoms with Crippen molar-refractivity contribution in [1.29, 1.82) is 0 Å². The van der Waals surface area contributed by atoms with Crippen molar-refractivity contribution in [2.75, 3.05) is 5.32 Å². The van der Waals surface area contributed by atoms with Gasteiger partial charge in [0.05, 0.1) is 5.56 Å². The van der Waals surface area contributed by atoms with Crippen LogP contribution < -0.4 is 5.32 Å². The predicted octanol–water partition coefficient (Wildman–Crippen LogP) is 5.54. The molecule has 0 fully saturated rings. The number of aryl methyl sites for hydroxylation is 2. The molecule has 0 saturated carbocycles. The highest BCUT2D eigenvalue weighted by atomic mass is 16.6. The molecule has 2 aromatic rings. The third-order valence-electron chi connectivity index (χ3n) is 3.38. The Morgan fingerprint density at radius 1 is 0.962 bits per heavy atom. The first-order chi connectivity index (χ1) is 12.2. The molecule has 4 nitrogen and oxygen atoms in total. The molecule has 26 heavy (non-hydrogen) atoms. The van der Waals surface area contributed by atoms with Crippen molar-refractivity contribution < 1.29 is 14.3 Å². The quantitative estimate of drug-likeness (QED) is 0.736. The second kappa shape index (κ2) is 9.18. The maximum absolute atomic E-state index is 12.4. The summed E-state index contributed by atoms with van der Waals surface area (Å²) in [4.78, 5) is 24.6. The van der Waals surface area contributed by atoms with Gasteiger partial charge >= 0.3 is 5.97 Å². The van der Waals surface area contributed by atoms with Crippen LogP contribution in [0.1, 0.15) is 66.5 Å². The minimum Gasteiger partial charge on any atom is -0.456 e. The number of benzene rings is 2. The fraction of sp³-hybridized carbons (Fsp3) is 0.364. The summed E-state index contributed by atoms with van der Waals surface area (Å²) in [5.41, 5.74) is 3.04. The Kier molecular flexibility index (Phi) is 7.56. The summed E-state index contributed by atoms with van der Waals surface area (Å²) in [6.45, 7) is 13.3. The lowest BCUT2D eigenvalue weighted by atomic mass is 10.1. The summed E-state index contributed by atoms with van der Waals surface area (Å²) in [5, 5.41) is 2.83. The molecule has 4 heteroatoms. The molecule has 2 aromatic carbocycles. The number of hydrogen-bond acceptors (Lipinski definition) is 3. The molecule has 0 unspecified atom stereocenters. The van der Waals surface area contributed by atoms with Crippen molar-refractivity contribution in [3.8, 4) is 0 Å². The number of carbonyl (C=O) groups is 2. The van der Waals surface area contributed by atoms with Gasteiger partial charge in [-0.15, -0.1) is 0 Å². The van der Waals surface area contributed by atoms with Gasteiger partial charge in [-0.2, -0.15) is 0 Å². The fourth-order valence-corrected chi connectivity index (χ4v) is 2.33. The summed E-state index contributed by atoms with van der Waals surface area (Å²) >= 11 is 0. The lowest BCUT2D eigenvalue weighted by Crippen LogP contribution is -2.24. The molecule has 0 saturated heterocycles. The third-order valence-corrected chi connectivity index (χ3v) is 3.38. The van der Waals surface area contributed by atoms with Crippen molar-refractivity contribution in [2.24, 2.45) is 0 Å². The molecule has 0 radical (unpaired) electrons. The van der Waals surface area contributed by atoms with E-state index in [0.29, 0.717) is 16.8 Å². The zero-order valence-corrected chi connectivity index (χ0v) is 16.8. The molecule has 1 amide bonds. The Hall–Kier alpha value is -2.62. The van der Waals surface area contributed by atoms with Crippen LogP contribution in [0, 0.1) is 13.8 Å². The van der Waals surface area contributed by atoms with Gasteiger partial charge in [0.15, 0.2) is 0 Å². The van der Waals surface area contributed by atoms with Crippen LogP contribution in [0.5, 0.6) is 0 Å². The summed E-state index contributed by atoms with van der Waals surface area (Å²) in [6.07, 6.45) is 0. The smallest absolute Gasteiger partial charge is 0.338 e. The number of carbonyl (C=O) groups excluding carboxylic acids is 2. The van der Waals surface area contributed by atoms with E-state index in [9.17, 15) is 9.59 Å². The number of rotatable bonds is 3. The van der Waals surface area contributed by atoms with Crippen LogP contribution >= 0.6 is 0 Å². The van der Waals surface area contributed by atoms with Gasteiger partial charge in [0, 0.05) is 11.3 Å². The molecule has 0 heterocycles. The van der Waals surface area contributed by atoms with E-state index in [-0.39, 0.29) is 5.91 Å². The zero-order valence-electron chi connectivity index (χ0n) is 16.8. The summed E-state index contributed by atoms with van der Waals surface area (Å²) in [7, 11) is 0. The SMILES string of the molecule is CC.Cc1ccc(C(=O)Nc2cccc(C(=O)OC(C)(C)C)c2)c(C)c1. The summed E-state index contributed by atoms with van der Waals surface area (Å²) < 4.78 is 5.35. The molecule has 0 aliphatic carbocycles. The van der Waals surface area contributed by atoms with E-state index in [1.165, 1.54) is 0 Å². The molecule has 0 bridgehead atoms. The van der Waals surface area contributed by atoms with Crippen LogP contribution in [0.4, 0.5) is 5.69 Å². The van der Waals surface area contributed by atoms with Crippen LogP contribution in [0.25, 0.3) is 0 Å². The number of hydrogen-bond donors (Lipinski definition) is 1. The van der Waals surface area contributed by atoms with Gasteiger partial charge in [-0.3, -0.25) is 4.79 Å². The van der Waals surface area contributed by atoms with E-state index >= 15 is 0 Å². The number of esters is 1. The Bertz CT molecular complexity index is 773. The largest absolute Gasteiger partial charge is 0.456 e. The van der Waals surface area contributed by atoms with Gasteiger partial charge in [0.25, 0.3) is 5.91 Å². The Labute approximate surface area is 156 Å². The summed E-state index contributed by atoms with van der Waals surface area (Å²) in [6, 6.07) is 12.4. The monoisotopic (exact) mass is 355 g/mol. The zero-order chi connectivity index (χ0) is 19.9. The van der Waals surface area contributed by atoms with Crippen molar-refractivity contribution >= 4 is 17.6 Å². The standard InChI is InChI=1S/C20H23NO3.C2H6/c1-13-9-10-17(14(2)11-13)18(22)21-16-8-6-7-15(12-16)19(23)24-20(3,4)5;1-2/h6-12H,1-5H3,(H,21,22);1-2H3. The van der Waals surface area contributed by atoms with Crippen LogP contribution in [0.15, 0.2) is 42.5 Å². The van der Waals surface area contributed by atoms with Crippen LogP contribution in [-0.4, -0.2) is 17.5 Å². The van der Waals surface area contributed by atoms with Gasteiger partial charge in [-0.05, 0) is 64.4 Å². The lowest BCUT2D eigenvalue weighted by molar-refractivity contribution is 0.00694. The Balaban J connectivity index is 0.00000163. The molecular weight excluding hydrogens is 326 g/mol. The van der Waals surface area contributed by atoms with Crippen molar-refractivity contribution in [3.63, 3.8) is 0 Å². The van der Waals surface area contributed by atoms with E-state index in [1.54, 1.807) is 30.3 Å². The Morgan fingerprint density at radius 3 is 2.19 bits per heavy atom. The minimum atomic E-state index is -0.560. The predicted molar refractivity (Wildman–Crippen MR) is 107 cm³/mol. The molecule has 140 valence electrons. The third kappa shape index (κ3) is 6.36. The number of amides is 1. The second-order valence-electron chi connectivity index (χ2n) is 6.86. The van der Waals surface area contributed by atoms with Crippen molar-refractivity contribution in [1.82, 2.24) is 0 Å².